The van der Waals surface area contributed by atoms with Crippen LogP contribution in [0.1, 0.15) is 5.56 Å². The number of nitrogens with two attached hydrogens (primary N) is 1. The Hall–Kier alpha value is -2.53. The number of nitrogens with one attached hydrogen (secondary N) is 1. The van der Waals surface area contributed by atoms with Crippen LogP contribution in [-0.4, -0.2) is 9.97 Å². The molecule has 0 fully saturated rings. The second-order valence-corrected chi connectivity index (χ2v) is 5.02. The van der Waals surface area contributed by atoms with Gasteiger partial charge in [-0.15, -0.1) is 0 Å². The van der Waals surface area contributed by atoms with E-state index in [-0.39, 0.29) is 10.8 Å². The van der Waals surface area contributed by atoms with Crippen LogP contribution in [0, 0.1) is 5.82 Å². The maximum Gasteiger partial charge on any atom is 0.141 e. The highest BCUT2D eigenvalue weighted by atomic mass is 32.1. The van der Waals surface area contributed by atoms with Gasteiger partial charge in [0.05, 0.1) is 11.1 Å². The van der Waals surface area contributed by atoms with Gasteiger partial charge in [-0.3, -0.25) is 0 Å². The third kappa shape index (κ3) is 2.83. The summed E-state index contributed by atoms with van der Waals surface area (Å²) >= 11 is 5.08. The summed E-state index contributed by atoms with van der Waals surface area (Å²) in [5.74, 6) is 0.199. The Morgan fingerprint density at radius 3 is 2.67 bits per heavy atom. The van der Waals surface area contributed by atoms with Crippen LogP contribution in [0.2, 0.25) is 0 Å². The molecule has 1 aromatic heterocycles. The highest BCUT2D eigenvalue weighted by molar-refractivity contribution is 7.80. The smallest absolute Gasteiger partial charge is 0.141 e. The number of thiocarbonyl (C=S) groups is 1. The number of anilines is 2. The normalized spacial score (nSPS) is 10.5. The topological polar surface area (TPSA) is 50.9 Å². The lowest BCUT2D eigenvalue weighted by molar-refractivity contribution is 0.628. The van der Waals surface area contributed by atoms with Crippen LogP contribution >= 0.6 is 12.2 Å². The lowest BCUT2D eigenvalue weighted by Gasteiger charge is -2.12. The number of pyridine rings is 1. The van der Waals surface area contributed by atoms with Crippen molar-refractivity contribution in [3.63, 3.8) is 0 Å². The summed E-state index contributed by atoms with van der Waals surface area (Å²) in [6, 6.07) is 15.7. The van der Waals surface area contributed by atoms with Crippen LogP contribution < -0.4 is 11.1 Å². The minimum Gasteiger partial charge on any atom is -0.389 e. The van der Waals surface area contributed by atoms with E-state index < -0.39 is 0 Å². The van der Waals surface area contributed by atoms with E-state index in [0.29, 0.717) is 17.1 Å². The molecule has 3 rings (SSSR count). The van der Waals surface area contributed by atoms with Crippen molar-refractivity contribution in [3.05, 3.63) is 66.0 Å². The van der Waals surface area contributed by atoms with Crippen LogP contribution in [-0.2, 0) is 0 Å². The van der Waals surface area contributed by atoms with Crippen LogP contribution in [0.15, 0.2) is 54.6 Å². The van der Waals surface area contributed by atoms with Crippen LogP contribution in [0.3, 0.4) is 0 Å². The first-order valence-electron chi connectivity index (χ1n) is 6.36. The van der Waals surface area contributed by atoms with Gasteiger partial charge in [-0.2, -0.15) is 0 Å². The fraction of sp³-hybridized carbons (Fsp3) is 0. The summed E-state index contributed by atoms with van der Waals surface area (Å²) < 4.78 is 13.3. The summed E-state index contributed by atoms with van der Waals surface area (Å²) in [4.78, 5) is 4.76. The van der Waals surface area contributed by atoms with Gasteiger partial charge in [-0.1, -0.05) is 36.5 Å². The molecule has 3 N–H and O–H groups in total. The second kappa shape index (κ2) is 5.46. The van der Waals surface area contributed by atoms with Crippen molar-refractivity contribution in [1.82, 2.24) is 4.98 Å². The van der Waals surface area contributed by atoms with E-state index in [9.17, 15) is 4.39 Å². The Bertz CT molecular complexity index is 833. The highest BCUT2D eigenvalue weighted by Crippen LogP contribution is 2.24. The standard InChI is InChI=1S/C16H12FN3S/c17-11-5-3-6-12(9-11)19-16-13(15(18)21)8-10-4-1-2-7-14(10)20-16/h1-9H,(H2,18,21)(H,19,20). The van der Waals surface area contributed by atoms with E-state index >= 15 is 0 Å². The zero-order valence-electron chi connectivity index (χ0n) is 11.0. The van der Waals surface area contributed by atoms with Crippen molar-refractivity contribution >= 4 is 39.6 Å². The molecule has 0 amide bonds. The van der Waals surface area contributed by atoms with Gasteiger partial charge in [-0.25, -0.2) is 9.37 Å². The van der Waals surface area contributed by atoms with Crippen molar-refractivity contribution in [2.45, 2.75) is 0 Å². The third-order valence-electron chi connectivity index (χ3n) is 3.08. The van der Waals surface area contributed by atoms with Crippen LogP contribution in [0.4, 0.5) is 15.9 Å². The van der Waals surface area contributed by atoms with Gasteiger partial charge in [0.1, 0.15) is 16.6 Å². The number of benzene rings is 2. The molecule has 0 aliphatic heterocycles. The number of hydrogen-bond acceptors (Lipinski definition) is 3. The molecule has 0 saturated heterocycles. The van der Waals surface area contributed by atoms with E-state index in [0.717, 1.165) is 10.9 Å². The summed E-state index contributed by atoms with van der Waals surface area (Å²) in [6.07, 6.45) is 0. The fourth-order valence-electron chi connectivity index (χ4n) is 2.10. The van der Waals surface area contributed by atoms with E-state index in [1.165, 1.54) is 12.1 Å². The Balaban J connectivity index is 2.11. The van der Waals surface area contributed by atoms with E-state index in [2.05, 4.69) is 10.3 Å². The minimum atomic E-state index is -0.322. The molecule has 2 aromatic carbocycles. The van der Waals surface area contributed by atoms with Gasteiger partial charge in [0.2, 0.25) is 0 Å². The van der Waals surface area contributed by atoms with Crippen LogP contribution in [0.5, 0.6) is 0 Å². The number of para-hydroxylation sites is 1. The second-order valence-electron chi connectivity index (χ2n) is 4.58. The molecule has 3 nitrogen and oxygen atoms in total. The van der Waals surface area contributed by atoms with E-state index in [4.69, 9.17) is 18.0 Å². The van der Waals surface area contributed by atoms with Crippen molar-refractivity contribution in [3.8, 4) is 0 Å². The molecule has 3 aromatic rings. The quantitative estimate of drug-likeness (QED) is 0.723. The van der Waals surface area contributed by atoms with Crippen molar-refractivity contribution in [1.29, 1.82) is 0 Å². The van der Waals surface area contributed by atoms with Gasteiger partial charge in [0, 0.05) is 11.1 Å². The number of nitrogens with zero attached hydrogens (tertiary/aromatic N) is 1. The first kappa shape index (κ1) is 13.5. The summed E-state index contributed by atoms with van der Waals surface area (Å²) in [5.41, 5.74) is 7.81. The first-order valence-corrected chi connectivity index (χ1v) is 6.76. The lowest BCUT2D eigenvalue weighted by Crippen LogP contribution is -2.13. The molecule has 0 atom stereocenters. The van der Waals surface area contributed by atoms with Crippen molar-refractivity contribution < 1.29 is 4.39 Å². The van der Waals surface area contributed by atoms with Gasteiger partial charge in [0.25, 0.3) is 0 Å². The molecule has 0 saturated carbocycles. The summed E-state index contributed by atoms with van der Waals surface area (Å²) in [5, 5.41) is 4.02. The zero-order valence-corrected chi connectivity index (χ0v) is 11.8. The Morgan fingerprint density at radius 1 is 1.10 bits per heavy atom. The molecular weight excluding hydrogens is 285 g/mol. The molecule has 0 bridgehead atoms. The molecular formula is C16H12FN3S. The van der Waals surface area contributed by atoms with Gasteiger partial charge in [-0.05, 0) is 30.3 Å². The molecule has 1 heterocycles. The third-order valence-corrected chi connectivity index (χ3v) is 3.30. The molecule has 0 spiro atoms. The maximum atomic E-state index is 13.3. The molecule has 0 aliphatic rings. The average Bonchev–Trinajstić information content (AvgIpc) is 2.46. The number of fused-ring (bicyclic) bond motifs is 1. The highest BCUT2D eigenvalue weighted by Gasteiger charge is 2.10. The predicted octanol–water partition coefficient (Wildman–Crippen LogP) is 3.75. The zero-order chi connectivity index (χ0) is 14.8. The summed E-state index contributed by atoms with van der Waals surface area (Å²) in [7, 11) is 0. The SMILES string of the molecule is NC(=S)c1cc2ccccc2nc1Nc1cccc(F)c1. The largest absolute Gasteiger partial charge is 0.389 e. The number of rotatable bonds is 3. The molecule has 0 unspecified atom stereocenters. The van der Waals surface area contributed by atoms with Crippen molar-refractivity contribution in [2.24, 2.45) is 5.73 Å². The number of aromatic nitrogens is 1. The Morgan fingerprint density at radius 2 is 1.90 bits per heavy atom. The molecule has 5 heteroatoms. The van der Waals surface area contributed by atoms with E-state index in [1.807, 2.05) is 30.3 Å². The fourth-order valence-corrected chi connectivity index (χ4v) is 2.26. The van der Waals surface area contributed by atoms with Crippen molar-refractivity contribution in [2.75, 3.05) is 5.32 Å². The van der Waals surface area contributed by atoms with Gasteiger partial charge >= 0.3 is 0 Å². The Kier molecular flexibility index (Phi) is 3.50. The number of halogens is 1. The lowest BCUT2D eigenvalue weighted by atomic mass is 10.1. The average molecular weight is 297 g/mol. The molecule has 21 heavy (non-hydrogen) atoms. The molecule has 0 aliphatic carbocycles. The van der Waals surface area contributed by atoms with Gasteiger partial charge in [0.15, 0.2) is 0 Å². The maximum absolute atomic E-state index is 13.3. The van der Waals surface area contributed by atoms with Crippen LogP contribution in [0.25, 0.3) is 10.9 Å². The summed E-state index contributed by atoms with van der Waals surface area (Å²) in [6.45, 7) is 0. The predicted molar refractivity (Wildman–Crippen MR) is 87.3 cm³/mol. The Labute approximate surface area is 126 Å². The first-order chi connectivity index (χ1) is 10.1. The molecule has 104 valence electrons. The van der Waals surface area contributed by atoms with Gasteiger partial charge < -0.3 is 11.1 Å². The van der Waals surface area contributed by atoms with E-state index in [1.54, 1.807) is 12.1 Å². The minimum absolute atomic E-state index is 0.243. The monoisotopic (exact) mass is 297 g/mol. The molecule has 0 radical (unpaired) electrons. The number of hydrogen-bond donors (Lipinski definition) is 2.